The maximum absolute atomic E-state index is 6.12. The highest BCUT2D eigenvalue weighted by atomic mass is 35.5. The molecular formula is C21H18ClNOS. The molecule has 0 fully saturated rings. The van der Waals surface area contributed by atoms with E-state index in [0.717, 1.165) is 11.3 Å². The number of hydrogen-bond acceptors (Lipinski definition) is 3. The molecule has 0 spiro atoms. The van der Waals surface area contributed by atoms with Crippen LogP contribution in [0.5, 0.6) is 5.75 Å². The van der Waals surface area contributed by atoms with Gasteiger partial charge in [-0.05, 0) is 55.0 Å². The Morgan fingerprint density at radius 3 is 2.16 bits per heavy atom. The van der Waals surface area contributed by atoms with Crippen LogP contribution in [0.2, 0.25) is 5.02 Å². The Hall–Kier alpha value is -2.23. The van der Waals surface area contributed by atoms with E-state index in [1.807, 2.05) is 18.3 Å². The van der Waals surface area contributed by atoms with Crippen LogP contribution in [0.15, 0.2) is 81.5 Å². The van der Waals surface area contributed by atoms with E-state index in [1.54, 1.807) is 24.9 Å². The van der Waals surface area contributed by atoms with Gasteiger partial charge in [0.25, 0.3) is 0 Å². The summed E-state index contributed by atoms with van der Waals surface area (Å²) >= 11 is 7.87. The van der Waals surface area contributed by atoms with Gasteiger partial charge in [0.05, 0.1) is 17.8 Å². The molecule has 0 bridgehead atoms. The second-order valence-corrected chi connectivity index (χ2v) is 7.12. The van der Waals surface area contributed by atoms with Crippen molar-refractivity contribution in [2.24, 2.45) is 4.99 Å². The molecule has 0 N–H and O–H groups in total. The lowest BCUT2D eigenvalue weighted by Gasteiger charge is -2.04. The largest absolute Gasteiger partial charge is 0.495 e. The zero-order valence-electron chi connectivity index (χ0n) is 14.1. The van der Waals surface area contributed by atoms with Gasteiger partial charge in [-0.25, -0.2) is 0 Å². The molecule has 0 heterocycles. The molecule has 3 aromatic rings. The SMILES string of the molecule is COc1ccc(N=Cc2ccc(Sc3ccc(C)cc3)cc2)cc1Cl. The summed E-state index contributed by atoms with van der Waals surface area (Å²) < 4.78 is 5.15. The predicted molar refractivity (Wildman–Crippen MR) is 107 cm³/mol. The van der Waals surface area contributed by atoms with Crippen molar-refractivity contribution < 1.29 is 4.74 Å². The molecule has 0 amide bonds. The molecule has 0 aliphatic heterocycles. The quantitative estimate of drug-likeness (QED) is 0.476. The Labute approximate surface area is 157 Å². The lowest BCUT2D eigenvalue weighted by Crippen LogP contribution is -1.83. The average Bonchev–Trinajstić information content (AvgIpc) is 2.63. The van der Waals surface area contributed by atoms with Crippen molar-refractivity contribution in [1.82, 2.24) is 0 Å². The number of rotatable bonds is 5. The van der Waals surface area contributed by atoms with E-state index in [-0.39, 0.29) is 0 Å². The van der Waals surface area contributed by atoms with Crippen LogP contribution >= 0.6 is 23.4 Å². The van der Waals surface area contributed by atoms with Crippen molar-refractivity contribution in [3.63, 3.8) is 0 Å². The number of hydrogen-bond donors (Lipinski definition) is 0. The summed E-state index contributed by atoms with van der Waals surface area (Å²) in [5, 5.41) is 0.557. The topological polar surface area (TPSA) is 21.6 Å². The molecule has 0 atom stereocenters. The molecule has 0 unspecified atom stereocenters. The van der Waals surface area contributed by atoms with Crippen LogP contribution in [-0.2, 0) is 0 Å². The van der Waals surface area contributed by atoms with Gasteiger partial charge in [0.15, 0.2) is 0 Å². The first-order valence-corrected chi connectivity index (χ1v) is 9.06. The fraction of sp³-hybridized carbons (Fsp3) is 0.0952. The zero-order chi connectivity index (χ0) is 17.6. The lowest BCUT2D eigenvalue weighted by atomic mass is 10.2. The molecule has 0 radical (unpaired) electrons. The van der Waals surface area contributed by atoms with E-state index in [1.165, 1.54) is 15.4 Å². The van der Waals surface area contributed by atoms with E-state index in [2.05, 4.69) is 60.4 Å². The summed E-state index contributed by atoms with van der Waals surface area (Å²) in [5.41, 5.74) is 3.11. The molecule has 25 heavy (non-hydrogen) atoms. The van der Waals surface area contributed by atoms with Crippen LogP contribution in [0.25, 0.3) is 0 Å². The lowest BCUT2D eigenvalue weighted by molar-refractivity contribution is 0.415. The van der Waals surface area contributed by atoms with Gasteiger partial charge in [0, 0.05) is 16.0 Å². The molecule has 126 valence electrons. The van der Waals surface area contributed by atoms with E-state index in [9.17, 15) is 0 Å². The Balaban J connectivity index is 1.67. The summed E-state index contributed by atoms with van der Waals surface area (Å²) in [6.07, 6.45) is 1.83. The third kappa shape index (κ3) is 4.88. The minimum atomic E-state index is 0.557. The average molecular weight is 368 g/mol. The third-order valence-corrected chi connectivity index (χ3v) is 4.95. The number of nitrogens with zero attached hydrogens (tertiary/aromatic N) is 1. The maximum Gasteiger partial charge on any atom is 0.137 e. The van der Waals surface area contributed by atoms with Crippen LogP contribution in [0.1, 0.15) is 11.1 Å². The van der Waals surface area contributed by atoms with Gasteiger partial charge >= 0.3 is 0 Å². The van der Waals surface area contributed by atoms with Gasteiger partial charge in [-0.1, -0.05) is 53.2 Å². The van der Waals surface area contributed by atoms with Gasteiger partial charge in [0.2, 0.25) is 0 Å². The molecule has 0 saturated carbocycles. The Bertz CT molecular complexity index is 873. The van der Waals surface area contributed by atoms with Gasteiger partial charge in [0.1, 0.15) is 5.75 Å². The molecule has 0 aliphatic rings. The fourth-order valence-electron chi connectivity index (χ4n) is 2.25. The highest BCUT2D eigenvalue weighted by Gasteiger charge is 2.01. The first-order chi connectivity index (χ1) is 12.1. The van der Waals surface area contributed by atoms with Crippen molar-refractivity contribution in [3.8, 4) is 5.75 Å². The Morgan fingerprint density at radius 1 is 0.920 bits per heavy atom. The van der Waals surface area contributed by atoms with E-state index in [4.69, 9.17) is 16.3 Å². The summed E-state index contributed by atoms with van der Waals surface area (Å²) in [5.74, 6) is 0.651. The van der Waals surface area contributed by atoms with Crippen LogP contribution in [0, 0.1) is 6.92 Å². The third-order valence-electron chi connectivity index (χ3n) is 3.63. The summed E-state index contributed by atoms with van der Waals surface area (Å²) in [4.78, 5) is 6.90. The molecule has 2 nitrogen and oxygen atoms in total. The van der Waals surface area contributed by atoms with Crippen molar-refractivity contribution in [3.05, 3.63) is 82.9 Å². The predicted octanol–water partition coefficient (Wildman–Crippen LogP) is 6.56. The van der Waals surface area contributed by atoms with Crippen LogP contribution < -0.4 is 4.74 Å². The number of aryl methyl sites for hydroxylation is 1. The molecule has 3 aromatic carbocycles. The standard InChI is InChI=1S/C21H18ClNOS/c1-15-3-8-18(9-4-15)25-19-10-5-16(6-11-19)14-23-17-7-12-21(24-2)20(22)13-17/h3-14H,1-2H3. The number of methoxy groups -OCH3 is 1. The molecule has 0 aliphatic carbocycles. The molecule has 3 rings (SSSR count). The number of benzene rings is 3. The zero-order valence-corrected chi connectivity index (χ0v) is 15.6. The fourth-order valence-corrected chi connectivity index (χ4v) is 3.32. The van der Waals surface area contributed by atoms with Crippen LogP contribution in [0.4, 0.5) is 5.69 Å². The number of halogens is 1. The van der Waals surface area contributed by atoms with Crippen molar-refractivity contribution >= 4 is 35.3 Å². The second kappa shape index (κ2) is 8.24. The minimum absolute atomic E-state index is 0.557. The summed E-state index contributed by atoms with van der Waals surface area (Å²) in [6.45, 7) is 2.10. The highest BCUT2D eigenvalue weighted by Crippen LogP contribution is 2.29. The normalized spacial score (nSPS) is 11.0. The summed E-state index contributed by atoms with van der Waals surface area (Å²) in [7, 11) is 1.60. The van der Waals surface area contributed by atoms with Crippen molar-refractivity contribution in [2.45, 2.75) is 16.7 Å². The van der Waals surface area contributed by atoms with Crippen molar-refractivity contribution in [2.75, 3.05) is 7.11 Å². The van der Waals surface area contributed by atoms with E-state index >= 15 is 0 Å². The monoisotopic (exact) mass is 367 g/mol. The van der Waals surface area contributed by atoms with Crippen LogP contribution in [-0.4, -0.2) is 13.3 Å². The molecule has 4 heteroatoms. The van der Waals surface area contributed by atoms with Gasteiger partial charge in [-0.3, -0.25) is 4.99 Å². The Kier molecular flexibility index (Phi) is 5.79. The first-order valence-electron chi connectivity index (χ1n) is 7.86. The van der Waals surface area contributed by atoms with E-state index < -0.39 is 0 Å². The van der Waals surface area contributed by atoms with E-state index in [0.29, 0.717) is 10.8 Å². The minimum Gasteiger partial charge on any atom is -0.495 e. The smallest absolute Gasteiger partial charge is 0.137 e. The highest BCUT2D eigenvalue weighted by molar-refractivity contribution is 7.99. The number of aliphatic imine (C=N–C) groups is 1. The molecular weight excluding hydrogens is 350 g/mol. The Morgan fingerprint density at radius 2 is 1.56 bits per heavy atom. The molecule has 0 aromatic heterocycles. The van der Waals surface area contributed by atoms with Gasteiger partial charge in [-0.2, -0.15) is 0 Å². The number of ether oxygens (including phenoxy) is 1. The van der Waals surface area contributed by atoms with Crippen LogP contribution in [0.3, 0.4) is 0 Å². The van der Waals surface area contributed by atoms with Gasteiger partial charge in [-0.15, -0.1) is 0 Å². The van der Waals surface area contributed by atoms with Gasteiger partial charge < -0.3 is 4.74 Å². The maximum atomic E-state index is 6.12. The molecule has 0 saturated heterocycles. The second-order valence-electron chi connectivity index (χ2n) is 5.56. The first kappa shape index (κ1) is 17.6. The summed E-state index contributed by atoms with van der Waals surface area (Å²) in [6, 6.07) is 22.4. The van der Waals surface area contributed by atoms with Crippen molar-refractivity contribution in [1.29, 1.82) is 0 Å².